The highest BCUT2D eigenvalue weighted by atomic mass is 16.5. The van der Waals surface area contributed by atoms with Gasteiger partial charge in [-0.05, 0) is 17.8 Å². The van der Waals surface area contributed by atoms with Gasteiger partial charge in [-0.25, -0.2) is 0 Å². The number of rotatable bonds is 5. The summed E-state index contributed by atoms with van der Waals surface area (Å²) in [5, 5.41) is 9.64. The number of hydrogen-bond acceptors (Lipinski definition) is 2. The minimum absolute atomic E-state index is 0.0560. The summed E-state index contributed by atoms with van der Waals surface area (Å²) in [6.45, 7) is 7.39. The van der Waals surface area contributed by atoms with Crippen molar-refractivity contribution in [1.29, 1.82) is 0 Å². The fourth-order valence-corrected chi connectivity index (χ4v) is 1.10. The molecule has 1 rings (SSSR count). The summed E-state index contributed by atoms with van der Waals surface area (Å²) < 4.78 is 5.42. The number of hydrogen-bond donors (Lipinski definition) is 1. The molecule has 1 aliphatic carbocycles. The third-order valence-corrected chi connectivity index (χ3v) is 2.64. The molecule has 0 amide bonds. The second kappa shape index (κ2) is 4.43. The van der Waals surface area contributed by atoms with Crippen molar-refractivity contribution in [3.8, 4) is 0 Å². The van der Waals surface area contributed by atoms with Crippen molar-refractivity contribution >= 4 is 0 Å². The molecule has 0 saturated heterocycles. The molecule has 1 N–H and O–H groups in total. The van der Waals surface area contributed by atoms with Gasteiger partial charge in [0.05, 0.1) is 12.7 Å². The molecule has 0 aliphatic heterocycles. The topological polar surface area (TPSA) is 29.5 Å². The van der Waals surface area contributed by atoms with Crippen molar-refractivity contribution in [3.63, 3.8) is 0 Å². The van der Waals surface area contributed by atoms with E-state index >= 15 is 0 Å². The average molecular weight is 186 g/mol. The Morgan fingerprint density at radius 2 is 2.00 bits per heavy atom. The molecule has 2 nitrogen and oxygen atoms in total. The predicted molar refractivity (Wildman–Crippen MR) is 53.6 cm³/mol. The Kier molecular flexibility index (Phi) is 3.74. The fraction of sp³-hybridized carbons (Fsp3) is 1.00. The molecule has 1 aliphatic rings. The largest absolute Gasteiger partial charge is 0.390 e. The molecule has 13 heavy (non-hydrogen) atoms. The van der Waals surface area contributed by atoms with E-state index < -0.39 is 0 Å². The van der Waals surface area contributed by atoms with E-state index in [4.69, 9.17) is 4.74 Å². The van der Waals surface area contributed by atoms with Crippen molar-refractivity contribution in [1.82, 2.24) is 0 Å². The molecule has 1 atom stereocenters. The van der Waals surface area contributed by atoms with Crippen LogP contribution in [0.2, 0.25) is 0 Å². The van der Waals surface area contributed by atoms with Gasteiger partial charge in [0.1, 0.15) is 0 Å². The van der Waals surface area contributed by atoms with Crippen LogP contribution in [0.15, 0.2) is 0 Å². The molecule has 0 aromatic heterocycles. The Morgan fingerprint density at radius 1 is 1.38 bits per heavy atom. The van der Waals surface area contributed by atoms with Crippen molar-refractivity contribution in [3.05, 3.63) is 0 Å². The van der Waals surface area contributed by atoms with Gasteiger partial charge in [-0.15, -0.1) is 0 Å². The van der Waals surface area contributed by atoms with Crippen LogP contribution < -0.4 is 0 Å². The minimum Gasteiger partial charge on any atom is -0.390 e. The van der Waals surface area contributed by atoms with Crippen LogP contribution in [0.1, 0.15) is 40.0 Å². The molecule has 1 saturated carbocycles. The highest BCUT2D eigenvalue weighted by Gasteiger charge is 2.23. The van der Waals surface area contributed by atoms with Crippen LogP contribution in [0.25, 0.3) is 0 Å². The van der Waals surface area contributed by atoms with E-state index in [1.165, 1.54) is 19.3 Å². The SMILES string of the molecule is CC(C)(C)C(O)COCCC1CC1. The van der Waals surface area contributed by atoms with Gasteiger partial charge in [0, 0.05) is 6.61 Å². The third-order valence-electron chi connectivity index (χ3n) is 2.64. The minimum atomic E-state index is -0.341. The van der Waals surface area contributed by atoms with Crippen molar-refractivity contribution in [2.75, 3.05) is 13.2 Å². The zero-order valence-corrected chi connectivity index (χ0v) is 9.05. The van der Waals surface area contributed by atoms with Gasteiger partial charge in [0.15, 0.2) is 0 Å². The highest BCUT2D eigenvalue weighted by Crippen LogP contribution is 2.32. The summed E-state index contributed by atoms with van der Waals surface area (Å²) in [7, 11) is 0. The third kappa shape index (κ3) is 4.63. The van der Waals surface area contributed by atoms with Gasteiger partial charge in [0.25, 0.3) is 0 Å². The van der Waals surface area contributed by atoms with Crippen LogP contribution in [-0.4, -0.2) is 24.4 Å². The van der Waals surface area contributed by atoms with Gasteiger partial charge in [-0.3, -0.25) is 0 Å². The zero-order chi connectivity index (χ0) is 9.90. The van der Waals surface area contributed by atoms with Crippen LogP contribution in [0.4, 0.5) is 0 Å². The lowest BCUT2D eigenvalue weighted by Gasteiger charge is -2.25. The number of aliphatic hydroxyl groups is 1. The first-order valence-electron chi connectivity index (χ1n) is 5.26. The first-order valence-corrected chi connectivity index (χ1v) is 5.26. The van der Waals surface area contributed by atoms with Gasteiger partial charge in [-0.1, -0.05) is 33.6 Å². The normalized spacial score (nSPS) is 20.3. The molecule has 0 aromatic carbocycles. The predicted octanol–water partition coefficient (Wildman–Crippen LogP) is 2.21. The Bertz CT molecular complexity index is 145. The molecule has 2 heteroatoms. The van der Waals surface area contributed by atoms with E-state index in [0.29, 0.717) is 6.61 Å². The zero-order valence-electron chi connectivity index (χ0n) is 9.05. The molecular formula is C11H22O2. The Morgan fingerprint density at radius 3 is 2.46 bits per heavy atom. The lowest BCUT2D eigenvalue weighted by atomic mass is 9.90. The van der Waals surface area contributed by atoms with Gasteiger partial charge in [0.2, 0.25) is 0 Å². The summed E-state index contributed by atoms with van der Waals surface area (Å²) in [4.78, 5) is 0. The monoisotopic (exact) mass is 186 g/mol. The maximum Gasteiger partial charge on any atom is 0.0821 e. The average Bonchev–Trinajstić information content (AvgIpc) is 2.79. The maximum atomic E-state index is 9.64. The smallest absolute Gasteiger partial charge is 0.0821 e. The fourth-order valence-electron chi connectivity index (χ4n) is 1.10. The standard InChI is InChI=1S/C11H22O2/c1-11(2,3)10(12)8-13-7-6-9-4-5-9/h9-10,12H,4-8H2,1-3H3. The van der Waals surface area contributed by atoms with E-state index in [1.807, 2.05) is 20.8 Å². The second-order valence-electron chi connectivity index (χ2n) is 5.19. The molecule has 1 fully saturated rings. The summed E-state index contributed by atoms with van der Waals surface area (Å²) >= 11 is 0. The van der Waals surface area contributed by atoms with Crippen molar-refractivity contribution in [2.24, 2.45) is 11.3 Å². The number of aliphatic hydroxyl groups excluding tert-OH is 1. The van der Waals surface area contributed by atoms with Crippen molar-refractivity contribution in [2.45, 2.75) is 46.1 Å². The molecule has 78 valence electrons. The Labute approximate surface area is 81.3 Å². The van der Waals surface area contributed by atoms with E-state index in [0.717, 1.165) is 12.5 Å². The molecule has 0 aromatic rings. The number of ether oxygens (including phenoxy) is 1. The molecule has 0 heterocycles. The molecule has 0 spiro atoms. The van der Waals surface area contributed by atoms with Crippen LogP contribution in [-0.2, 0) is 4.74 Å². The van der Waals surface area contributed by atoms with Crippen LogP contribution in [0.3, 0.4) is 0 Å². The molecular weight excluding hydrogens is 164 g/mol. The van der Waals surface area contributed by atoms with E-state index in [9.17, 15) is 5.11 Å². The maximum absolute atomic E-state index is 9.64. The first kappa shape index (κ1) is 11.0. The summed E-state index contributed by atoms with van der Waals surface area (Å²) in [6.07, 6.45) is 3.60. The van der Waals surface area contributed by atoms with Crippen LogP contribution >= 0.6 is 0 Å². The van der Waals surface area contributed by atoms with Crippen molar-refractivity contribution < 1.29 is 9.84 Å². The Hall–Kier alpha value is -0.0800. The molecule has 0 bridgehead atoms. The van der Waals surface area contributed by atoms with Crippen LogP contribution in [0.5, 0.6) is 0 Å². The van der Waals surface area contributed by atoms with Crippen LogP contribution in [0, 0.1) is 11.3 Å². The lowest BCUT2D eigenvalue weighted by Crippen LogP contribution is -2.30. The second-order valence-corrected chi connectivity index (χ2v) is 5.19. The molecule has 1 unspecified atom stereocenters. The lowest BCUT2D eigenvalue weighted by molar-refractivity contribution is -0.0216. The van der Waals surface area contributed by atoms with E-state index in [2.05, 4.69) is 0 Å². The van der Waals surface area contributed by atoms with E-state index in [1.54, 1.807) is 0 Å². The highest BCUT2D eigenvalue weighted by molar-refractivity contribution is 4.74. The summed E-state index contributed by atoms with van der Waals surface area (Å²) in [5.74, 6) is 0.923. The quantitative estimate of drug-likeness (QED) is 0.667. The van der Waals surface area contributed by atoms with Gasteiger partial charge >= 0.3 is 0 Å². The Balaban J connectivity index is 1.97. The summed E-state index contributed by atoms with van der Waals surface area (Å²) in [5.41, 5.74) is -0.0560. The summed E-state index contributed by atoms with van der Waals surface area (Å²) in [6, 6.07) is 0. The molecule has 0 radical (unpaired) electrons. The van der Waals surface area contributed by atoms with Gasteiger partial charge < -0.3 is 9.84 Å². The first-order chi connectivity index (χ1) is 6.00. The van der Waals surface area contributed by atoms with E-state index in [-0.39, 0.29) is 11.5 Å². The van der Waals surface area contributed by atoms with Gasteiger partial charge in [-0.2, -0.15) is 0 Å².